The number of carbonyl (C=O) groups excluding carboxylic acids is 1. The summed E-state index contributed by atoms with van der Waals surface area (Å²) in [6.45, 7) is 0. The van der Waals surface area contributed by atoms with Gasteiger partial charge in [-0.25, -0.2) is 4.39 Å². The van der Waals surface area contributed by atoms with Crippen LogP contribution < -0.4 is 15.8 Å². The smallest absolute Gasteiger partial charge is 0.255 e. The SMILES string of the molecule is COc1ccc(NC(=O)c2ccc(N)c(O)c2)cc1F. The van der Waals surface area contributed by atoms with Gasteiger partial charge < -0.3 is 20.9 Å². The second kappa shape index (κ2) is 5.48. The molecule has 0 aliphatic carbocycles. The lowest BCUT2D eigenvalue weighted by Crippen LogP contribution is -2.12. The molecule has 104 valence electrons. The summed E-state index contributed by atoms with van der Waals surface area (Å²) in [5.74, 6) is -1.15. The highest BCUT2D eigenvalue weighted by Crippen LogP contribution is 2.23. The fourth-order valence-electron chi connectivity index (χ4n) is 1.63. The number of nitrogens with one attached hydrogen (secondary N) is 1. The molecule has 0 radical (unpaired) electrons. The number of benzene rings is 2. The van der Waals surface area contributed by atoms with Gasteiger partial charge >= 0.3 is 0 Å². The molecule has 2 aromatic rings. The van der Waals surface area contributed by atoms with Gasteiger partial charge in [0.25, 0.3) is 5.91 Å². The highest BCUT2D eigenvalue weighted by atomic mass is 19.1. The zero-order valence-corrected chi connectivity index (χ0v) is 10.7. The minimum Gasteiger partial charge on any atom is -0.506 e. The van der Waals surface area contributed by atoms with Crippen LogP contribution in [0, 0.1) is 5.82 Å². The van der Waals surface area contributed by atoms with Gasteiger partial charge in [-0.3, -0.25) is 4.79 Å². The van der Waals surface area contributed by atoms with Gasteiger partial charge in [-0.1, -0.05) is 0 Å². The Kier molecular flexibility index (Phi) is 3.74. The first-order valence-electron chi connectivity index (χ1n) is 5.74. The highest BCUT2D eigenvalue weighted by Gasteiger charge is 2.10. The third-order valence-electron chi connectivity index (χ3n) is 2.70. The van der Waals surface area contributed by atoms with Gasteiger partial charge in [-0.15, -0.1) is 0 Å². The number of nitrogen functional groups attached to an aromatic ring is 1. The van der Waals surface area contributed by atoms with E-state index in [1.165, 1.54) is 37.4 Å². The van der Waals surface area contributed by atoms with Crippen LogP contribution >= 0.6 is 0 Å². The van der Waals surface area contributed by atoms with Crippen molar-refractivity contribution in [2.45, 2.75) is 0 Å². The number of halogens is 1. The lowest BCUT2D eigenvalue weighted by atomic mass is 10.1. The summed E-state index contributed by atoms with van der Waals surface area (Å²) in [5.41, 5.74) is 6.12. The first kappa shape index (κ1) is 13.7. The van der Waals surface area contributed by atoms with Gasteiger partial charge in [0, 0.05) is 17.3 Å². The van der Waals surface area contributed by atoms with Gasteiger partial charge in [0.1, 0.15) is 5.75 Å². The summed E-state index contributed by atoms with van der Waals surface area (Å²) in [6, 6.07) is 8.18. The third-order valence-corrected chi connectivity index (χ3v) is 2.70. The summed E-state index contributed by atoms with van der Waals surface area (Å²) in [5, 5.41) is 12.0. The van der Waals surface area contributed by atoms with E-state index in [0.717, 1.165) is 6.07 Å². The molecule has 0 heterocycles. The number of aromatic hydroxyl groups is 1. The molecule has 0 bridgehead atoms. The monoisotopic (exact) mass is 276 g/mol. The Morgan fingerprint density at radius 3 is 2.65 bits per heavy atom. The summed E-state index contributed by atoms with van der Waals surface area (Å²) >= 11 is 0. The maximum atomic E-state index is 13.5. The van der Waals surface area contributed by atoms with E-state index in [2.05, 4.69) is 5.32 Å². The number of ether oxygens (including phenoxy) is 1. The molecule has 0 aliphatic heterocycles. The van der Waals surface area contributed by atoms with E-state index < -0.39 is 11.7 Å². The molecule has 2 rings (SSSR count). The number of hydrogen-bond donors (Lipinski definition) is 3. The second-order valence-corrected chi connectivity index (χ2v) is 4.08. The van der Waals surface area contributed by atoms with Crippen LogP contribution in [0.5, 0.6) is 11.5 Å². The lowest BCUT2D eigenvalue weighted by Gasteiger charge is -2.08. The number of amides is 1. The van der Waals surface area contributed by atoms with Crippen LogP contribution in [0.3, 0.4) is 0 Å². The Balaban J connectivity index is 2.19. The Morgan fingerprint density at radius 1 is 1.30 bits per heavy atom. The average molecular weight is 276 g/mol. The van der Waals surface area contributed by atoms with Crippen molar-refractivity contribution in [3.63, 3.8) is 0 Å². The van der Waals surface area contributed by atoms with E-state index in [1.54, 1.807) is 0 Å². The summed E-state index contributed by atoms with van der Waals surface area (Å²) in [4.78, 5) is 11.9. The maximum absolute atomic E-state index is 13.5. The zero-order valence-electron chi connectivity index (χ0n) is 10.7. The zero-order chi connectivity index (χ0) is 14.7. The molecule has 0 saturated heterocycles. The van der Waals surface area contributed by atoms with E-state index in [9.17, 15) is 14.3 Å². The molecule has 6 heteroatoms. The predicted octanol–water partition coefficient (Wildman–Crippen LogP) is 2.37. The molecule has 0 spiro atoms. The number of nitrogens with two attached hydrogens (primary N) is 1. The summed E-state index contributed by atoms with van der Waals surface area (Å²) in [6.07, 6.45) is 0. The van der Waals surface area contributed by atoms with Crippen molar-refractivity contribution in [3.8, 4) is 11.5 Å². The Labute approximate surface area is 114 Å². The fraction of sp³-hybridized carbons (Fsp3) is 0.0714. The van der Waals surface area contributed by atoms with Gasteiger partial charge in [-0.05, 0) is 30.3 Å². The van der Waals surface area contributed by atoms with Crippen molar-refractivity contribution in [2.24, 2.45) is 0 Å². The van der Waals surface area contributed by atoms with Gasteiger partial charge in [0.15, 0.2) is 11.6 Å². The van der Waals surface area contributed by atoms with E-state index >= 15 is 0 Å². The molecule has 0 atom stereocenters. The quantitative estimate of drug-likeness (QED) is 0.593. The summed E-state index contributed by atoms with van der Waals surface area (Å²) in [7, 11) is 1.35. The number of anilines is 2. The lowest BCUT2D eigenvalue weighted by molar-refractivity contribution is 0.102. The van der Waals surface area contributed by atoms with Crippen molar-refractivity contribution in [2.75, 3.05) is 18.2 Å². The predicted molar refractivity (Wildman–Crippen MR) is 73.4 cm³/mol. The number of methoxy groups -OCH3 is 1. The van der Waals surface area contributed by atoms with E-state index in [-0.39, 0.29) is 28.4 Å². The van der Waals surface area contributed by atoms with Crippen LogP contribution in [-0.4, -0.2) is 18.1 Å². The van der Waals surface area contributed by atoms with Gasteiger partial charge in [0.05, 0.1) is 12.8 Å². The molecule has 0 aromatic heterocycles. The van der Waals surface area contributed by atoms with Crippen molar-refractivity contribution < 1.29 is 19.0 Å². The Bertz CT molecular complexity index is 659. The first-order valence-corrected chi connectivity index (χ1v) is 5.74. The molecule has 0 unspecified atom stereocenters. The molecular weight excluding hydrogens is 263 g/mol. The molecule has 0 saturated carbocycles. The molecular formula is C14H13FN2O3. The molecule has 2 aromatic carbocycles. The van der Waals surface area contributed by atoms with Crippen LogP contribution in [0.1, 0.15) is 10.4 Å². The Morgan fingerprint density at radius 2 is 2.05 bits per heavy atom. The van der Waals surface area contributed by atoms with Crippen molar-refractivity contribution in [1.29, 1.82) is 0 Å². The molecule has 5 nitrogen and oxygen atoms in total. The molecule has 0 aliphatic rings. The van der Waals surface area contributed by atoms with Gasteiger partial charge in [-0.2, -0.15) is 0 Å². The Hall–Kier alpha value is -2.76. The van der Waals surface area contributed by atoms with Crippen LogP contribution in [0.25, 0.3) is 0 Å². The molecule has 1 amide bonds. The van der Waals surface area contributed by atoms with Crippen molar-refractivity contribution in [3.05, 3.63) is 47.8 Å². The normalized spacial score (nSPS) is 10.1. The largest absolute Gasteiger partial charge is 0.506 e. The molecule has 20 heavy (non-hydrogen) atoms. The average Bonchev–Trinajstić information content (AvgIpc) is 2.42. The highest BCUT2D eigenvalue weighted by molar-refractivity contribution is 6.04. The topological polar surface area (TPSA) is 84.6 Å². The molecule has 4 N–H and O–H groups in total. The second-order valence-electron chi connectivity index (χ2n) is 4.08. The van der Waals surface area contributed by atoms with Gasteiger partial charge in [0.2, 0.25) is 0 Å². The first-order chi connectivity index (χ1) is 9.51. The number of phenols is 1. The van der Waals surface area contributed by atoms with Crippen molar-refractivity contribution in [1.82, 2.24) is 0 Å². The maximum Gasteiger partial charge on any atom is 0.255 e. The van der Waals surface area contributed by atoms with Crippen LogP contribution in [0.2, 0.25) is 0 Å². The summed E-state index contributed by atoms with van der Waals surface area (Å²) < 4.78 is 18.3. The van der Waals surface area contributed by atoms with E-state index in [1.807, 2.05) is 0 Å². The van der Waals surface area contributed by atoms with Crippen LogP contribution in [0.15, 0.2) is 36.4 Å². The van der Waals surface area contributed by atoms with Crippen LogP contribution in [-0.2, 0) is 0 Å². The minimum atomic E-state index is -0.578. The van der Waals surface area contributed by atoms with Crippen LogP contribution in [0.4, 0.5) is 15.8 Å². The number of hydrogen-bond acceptors (Lipinski definition) is 4. The number of phenolic OH excluding ortho intramolecular Hbond substituents is 1. The third kappa shape index (κ3) is 2.80. The number of carbonyl (C=O) groups is 1. The molecule has 0 fully saturated rings. The van der Waals surface area contributed by atoms with E-state index in [0.29, 0.717) is 0 Å². The van der Waals surface area contributed by atoms with Crippen molar-refractivity contribution >= 4 is 17.3 Å². The standard InChI is InChI=1S/C14H13FN2O3/c1-20-13-5-3-9(7-10(13)15)17-14(19)8-2-4-11(16)12(18)6-8/h2-7,18H,16H2,1H3,(H,17,19). The minimum absolute atomic E-state index is 0.0909. The van der Waals surface area contributed by atoms with E-state index in [4.69, 9.17) is 10.5 Å². The fourth-order valence-corrected chi connectivity index (χ4v) is 1.63. The number of rotatable bonds is 3.